The fraction of sp³-hybridized carbons (Fsp3) is 0.600. The Kier molecular flexibility index (Phi) is 2.58. The van der Waals surface area contributed by atoms with Gasteiger partial charge in [-0.1, -0.05) is 13.0 Å². The van der Waals surface area contributed by atoms with Crippen molar-refractivity contribution in [2.24, 2.45) is 5.92 Å². The number of hydrogen-bond donors (Lipinski definition) is 0. The standard InChI is InChI=1S/C10H16O2/c1-8-5-6-10(2,12-4)9(7-8)11-3/h5-8H,1-4H3. The van der Waals surface area contributed by atoms with Gasteiger partial charge in [-0.05, 0) is 25.0 Å². The predicted molar refractivity (Wildman–Crippen MR) is 48.8 cm³/mol. The predicted octanol–water partition coefficient (Wildman–Crippen LogP) is 2.13. The van der Waals surface area contributed by atoms with Gasteiger partial charge in [-0.15, -0.1) is 0 Å². The summed E-state index contributed by atoms with van der Waals surface area (Å²) in [6.07, 6.45) is 6.23. The molecule has 0 aromatic carbocycles. The minimum absolute atomic E-state index is 0.374. The number of allylic oxidation sites excluding steroid dienone is 2. The van der Waals surface area contributed by atoms with Gasteiger partial charge in [0.1, 0.15) is 11.4 Å². The van der Waals surface area contributed by atoms with E-state index in [4.69, 9.17) is 9.47 Å². The van der Waals surface area contributed by atoms with Crippen molar-refractivity contribution in [2.45, 2.75) is 19.4 Å². The number of hydrogen-bond acceptors (Lipinski definition) is 2. The minimum atomic E-state index is -0.374. The van der Waals surface area contributed by atoms with Gasteiger partial charge >= 0.3 is 0 Å². The van der Waals surface area contributed by atoms with E-state index in [2.05, 4.69) is 19.1 Å². The topological polar surface area (TPSA) is 18.5 Å². The highest BCUT2D eigenvalue weighted by Crippen LogP contribution is 2.28. The van der Waals surface area contributed by atoms with Crippen molar-refractivity contribution < 1.29 is 9.47 Å². The Hall–Kier alpha value is -0.760. The summed E-state index contributed by atoms with van der Waals surface area (Å²) >= 11 is 0. The van der Waals surface area contributed by atoms with Crippen molar-refractivity contribution in [3.8, 4) is 0 Å². The summed E-state index contributed by atoms with van der Waals surface area (Å²) in [7, 11) is 3.36. The highest BCUT2D eigenvalue weighted by molar-refractivity contribution is 5.26. The fourth-order valence-corrected chi connectivity index (χ4v) is 1.32. The number of methoxy groups -OCH3 is 2. The zero-order chi connectivity index (χ0) is 9.19. The van der Waals surface area contributed by atoms with Crippen LogP contribution in [0.15, 0.2) is 24.0 Å². The van der Waals surface area contributed by atoms with Crippen molar-refractivity contribution in [1.82, 2.24) is 0 Å². The fourth-order valence-electron chi connectivity index (χ4n) is 1.32. The van der Waals surface area contributed by atoms with Gasteiger partial charge in [0.2, 0.25) is 0 Å². The van der Waals surface area contributed by atoms with Gasteiger partial charge < -0.3 is 9.47 Å². The zero-order valence-corrected chi connectivity index (χ0v) is 8.13. The number of rotatable bonds is 2. The van der Waals surface area contributed by atoms with Gasteiger partial charge in [0, 0.05) is 7.11 Å². The van der Waals surface area contributed by atoms with Gasteiger partial charge in [-0.3, -0.25) is 0 Å². The summed E-state index contributed by atoms with van der Waals surface area (Å²) in [6, 6.07) is 0. The minimum Gasteiger partial charge on any atom is -0.498 e. The molecule has 1 aliphatic carbocycles. The van der Waals surface area contributed by atoms with E-state index in [-0.39, 0.29) is 5.60 Å². The van der Waals surface area contributed by atoms with Crippen LogP contribution in [0.2, 0.25) is 0 Å². The van der Waals surface area contributed by atoms with Crippen LogP contribution in [0.3, 0.4) is 0 Å². The first-order chi connectivity index (χ1) is 5.62. The average molecular weight is 168 g/mol. The highest BCUT2D eigenvalue weighted by atomic mass is 16.5. The van der Waals surface area contributed by atoms with E-state index in [9.17, 15) is 0 Å². The first kappa shape index (κ1) is 9.33. The Morgan fingerprint density at radius 2 is 2.08 bits per heavy atom. The molecule has 0 bridgehead atoms. The molecule has 0 saturated carbocycles. The van der Waals surface area contributed by atoms with Gasteiger partial charge in [0.25, 0.3) is 0 Å². The lowest BCUT2D eigenvalue weighted by atomic mass is 9.93. The van der Waals surface area contributed by atoms with E-state index in [1.54, 1.807) is 14.2 Å². The third kappa shape index (κ3) is 1.53. The van der Waals surface area contributed by atoms with Gasteiger partial charge in [0.15, 0.2) is 0 Å². The van der Waals surface area contributed by atoms with Crippen molar-refractivity contribution in [2.75, 3.05) is 14.2 Å². The molecule has 0 saturated heterocycles. The van der Waals surface area contributed by atoms with Crippen LogP contribution in [0, 0.1) is 5.92 Å². The average Bonchev–Trinajstić information content (AvgIpc) is 2.09. The lowest BCUT2D eigenvalue weighted by Gasteiger charge is -2.30. The molecule has 0 N–H and O–H groups in total. The molecule has 0 aromatic rings. The molecule has 0 spiro atoms. The Balaban J connectivity index is 2.90. The van der Waals surface area contributed by atoms with Crippen LogP contribution >= 0.6 is 0 Å². The van der Waals surface area contributed by atoms with Crippen LogP contribution in [0.25, 0.3) is 0 Å². The van der Waals surface area contributed by atoms with Gasteiger partial charge in [-0.25, -0.2) is 0 Å². The summed E-state index contributed by atoms with van der Waals surface area (Å²) in [4.78, 5) is 0. The lowest BCUT2D eigenvalue weighted by Crippen LogP contribution is -2.30. The first-order valence-corrected chi connectivity index (χ1v) is 4.13. The largest absolute Gasteiger partial charge is 0.498 e. The molecule has 0 fully saturated rings. The van der Waals surface area contributed by atoms with Gasteiger partial charge in [-0.2, -0.15) is 0 Å². The van der Waals surface area contributed by atoms with E-state index < -0.39 is 0 Å². The van der Waals surface area contributed by atoms with Crippen molar-refractivity contribution in [1.29, 1.82) is 0 Å². The second-order valence-electron chi connectivity index (χ2n) is 3.26. The quantitative estimate of drug-likeness (QED) is 0.588. The van der Waals surface area contributed by atoms with Crippen LogP contribution in [-0.2, 0) is 9.47 Å². The summed E-state index contributed by atoms with van der Waals surface area (Å²) in [5, 5.41) is 0. The molecule has 2 heteroatoms. The maximum absolute atomic E-state index is 5.35. The molecule has 0 aliphatic heterocycles. The van der Waals surface area contributed by atoms with Crippen LogP contribution in [0.4, 0.5) is 0 Å². The Labute approximate surface area is 73.9 Å². The molecule has 2 nitrogen and oxygen atoms in total. The highest BCUT2D eigenvalue weighted by Gasteiger charge is 2.29. The van der Waals surface area contributed by atoms with E-state index in [0.29, 0.717) is 5.92 Å². The molecule has 1 rings (SSSR count). The molecule has 2 atom stereocenters. The Bertz CT molecular complexity index is 218. The molecular weight excluding hydrogens is 152 g/mol. The van der Waals surface area contributed by atoms with Crippen molar-refractivity contribution in [3.63, 3.8) is 0 Å². The summed E-state index contributed by atoms with van der Waals surface area (Å²) in [5.74, 6) is 1.32. The first-order valence-electron chi connectivity index (χ1n) is 4.13. The maximum atomic E-state index is 5.35. The molecule has 68 valence electrons. The summed E-state index contributed by atoms with van der Waals surface area (Å²) < 4.78 is 10.6. The van der Waals surface area contributed by atoms with Crippen molar-refractivity contribution >= 4 is 0 Å². The molecule has 0 heterocycles. The maximum Gasteiger partial charge on any atom is 0.139 e. The van der Waals surface area contributed by atoms with E-state index >= 15 is 0 Å². The lowest BCUT2D eigenvalue weighted by molar-refractivity contribution is 0.0293. The van der Waals surface area contributed by atoms with Crippen LogP contribution in [-0.4, -0.2) is 19.8 Å². The molecule has 0 amide bonds. The van der Waals surface area contributed by atoms with Crippen LogP contribution in [0.1, 0.15) is 13.8 Å². The molecule has 0 aromatic heterocycles. The second-order valence-corrected chi connectivity index (χ2v) is 3.26. The summed E-state index contributed by atoms with van der Waals surface area (Å²) in [5.41, 5.74) is -0.374. The smallest absolute Gasteiger partial charge is 0.139 e. The van der Waals surface area contributed by atoms with E-state index in [1.807, 2.05) is 13.0 Å². The monoisotopic (exact) mass is 168 g/mol. The SMILES string of the molecule is COC1=CC(C)C=CC1(C)OC. The van der Waals surface area contributed by atoms with Crippen molar-refractivity contribution in [3.05, 3.63) is 24.0 Å². The summed E-state index contributed by atoms with van der Waals surface area (Å²) in [6.45, 7) is 4.11. The molecule has 2 unspecified atom stereocenters. The Morgan fingerprint density at radius 3 is 2.58 bits per heavy atom. The second kappa shape index (κ2) is 3.31. The third-order valence-corrected chi connectivity index (χ3v) is 2.27. The van der Waals surface area contributed by atoms with E-state index in [1.165, 1.54) is 0 Å². The molecule has 12 heavy (non-hydrogen) atoms. The number of ether oxygens (including phenoxy) is 2. The Morgan fingerprint density at radius 1 is 1.42 bits per heavy atom. The zero-order valence-electron chi connectivity index (χ0n) is 8.13. The molecular formula is C10H16O2. The third-order valence-electron chi connectivity index (χ3n) is 2.27. The molecule has 0 radical (unpaired) electrons. The molecule has 1 aliphatic rings. The van der Waals surface area contributed by atoms with Gasteiger partial charge in [0.05, 0.1) is 7.11 Å². The van der Waals surface area contributed by atoms with Crippen LogP contribution in [0.5, 0.6) is 0 Å². The van der Waals surface area contributed by atoms with E-state index in [0.717, 1.165) is 5.76 Å². The normalized spacial score (nSPS) is 34.7. The van der Waals surface area contributed by atoms with Crippen LogP contribution < -0.4 is 0 Å².